The Bertz CT molecular complexity index is 628. The second kappa shape index (κ2) is 13.4. The molecule has 1 rings (SSSR count). The van der Waals surface area contributed by atoms with Crippen LogP contribution in [0.3, 0.4) is 0 Å². The van der Waals surface area contributed by atoms with Gasteiger partial charge in [0.15, 0.2) is 0 Å². The van der Waals surface area contributed by atoms with Gasteiger partial charge in [-0.25, -0.2) is 5.48 Å². The molecule has 3 N–H and O–H groups in total. The fraction of sp³-hybridized carbons (Fsp3) is 0.524. The van der Waals surface area contributed by atoms with Gasteiger partial charge in [-0.05, 0) is 60.1 Å². The van der Waals surface area contributed by atoms with Crippen molar-refractivity contribution in [3.05, 3.63) is 35.4 Å². The van der Waals surface area contributed by atoms with Crippen LogP contribution in [0.5, 0.6) is 0 Å². The molecule has 0 fully saturated rings. The van der Waals surface area contributed by atoms with E-state index < -0.39 is 5.91 Å². The van der Waals surface area contributed by atoms with Gasteiger partial charge in [-0.3, -0.25) is 10.0 Å². The fourth-order valence-corrected chi connectivity index (χ4v) is 3.11. The molecule has 0 aromatic heterocycles. The zero-order valence-electron chi connectivity index (χ0n) is 16.8. The zero-order valence-corrected chi connectivity index (χ0v) is 17.6. The minimum absolute atomic E-state index is 0.545. The molecule has 0 aliphatic rings. The fourth-order valence-electron chi connectivity index (χ4n) is 2.81. The molecule has 0 saturated heterocycles. The van der Waals surface area contributed by atoms with Crippen molar-refractivity contribution in [2.24, 2.45) is 0 Å². The first-order valence-electron chi connectivity index (χ1n) is 9.76. The number of nitrogens with one attached hydrogen (secondary N) is 2. The number of carbonyl (C=O) groups excluding carboxylic acids is 1. The van der Waals surface area contributed by atoms with Crippen molar-refractivity contribution < 1.29 is 10.0 Å². The summed E-state index contributed by atoms with van der Waals surface area (Å²) in [6.45, 7) is 10.5. The van der Waals surface area contributed by atoms with Gasteiger partial charge in [0, 0.05) is 31.3 Å². The van der Waals surface area contributed by atoms with Crippen molar-refractivity contribution in [2.45, 2.75) is 46.5 Å². The first-order valence-corrected chi connectivity index (χ1v) is 10.2. The summed E-state index contributed by atoms with van der Waals surface area (Å²) in [7, 11) is 0. The lowest BCUT2D eigenvalue weighted by Gasteiger charge is -2.20. The van der Waals surface area contributed by atoms with Crippen LogP contribution in [0.1, 0.15) is 51.2 Å². The Morgan fingerprint density at radius 1 is 1.26 bits per heavy atom. The number of benzene rings is 1. The summed E-state index contributed by atoms with van der Waals surface area (Å²) in [4.78, 5) is 14.6. The highest BCUT2D eigenvalue weighted by Crippen LogP contribution is 2.21. The Labute approximate surface area is 168 Å². The van der Waals surface area contributed by atoms with Gasteiger partial charge in [0.25, 0.3) is 5.91 Å². The van der Waals surface area contributed by atoms with Crippen LogP contribution in [0.15, 0.2) is 24.3 Å². The SMILES string of the molecule is CCCCC(=S)Cc1cc(/C=C/C(=O)NO)ccc1NCCN(CC)CC. The number of hydrogen-bond acceptors (Lipinski definition) is 5. The van der Waals surface area contributed by atoms with Crippen LogP contribution >= 0.6 is 12.2 Å². The van der Waals surface area contributed by atoms with Crippen molar-refractivity contribution in [3.63, 3.8) is 0 Å². The van der Waals surface area contributed by atoms with Crippen molar-refractivity contribution in [3.8, 4) is 0 Å². The molecule has 0 radical (unpaired) electrons. The zero-order chi connectivity index (χ0) is 20.1. The van der Waals surface area contributed by atoms with Gasteiger partial charge in [0.1, 0.15) is 0 Å². The molecule has 6 heteroatoms. The summed E-state index contributed by atoms with van der Waals surface area (Å²) in [5.41, 5.74) is 4.74. The van der Waals surface area contributed by atoms with Crippen molar-refractivity contribution in [2.75, 3.05) is 31.5 Å². The summed E-state index contributed by atoms with van der Waals surface area (Å²) >= 11 is 5.57. The molecule has 0 heterocycles. The second-order valence-electron chi connectivity index (χ2n) is 6.50. The van der Waals surface area contributed by atoms with E-state index in [0.717, 1.165) is 73.5 Å². The number of likely N-dealkylation sites (N-methyl/N-ethyl adjacent to an activating group) is 1. The number of thiocarbonyl (C=S) groups is 1. The third kappa shape index (κ3) is 9.13. The molecule has 27 heavy (non-hydrogen) atoms. The van der Waals surface area contributed by atoms with E-state index in [0.29, 0.717) is 0 Å². The number of anilines is 1. The maximum Gasteiger partial charge on any atom is 0.267 e. The Kier molecular flexibility index (Phi) is 11.6. The maximum absolute atomic E-state index is 11.2. The summed E-state index contributed by atoms with van der Waals surface area (Å²) in [5, 5.41) is 12.1. The average Bonchev–Trinajstić information content (AvgIpc) is 2.68. The average molecular weight is 392 g/mol. The first-order chi connectivity index (χ1) is 13.0. The van der Waals surface area contributed by atoms with Gasteiger partial charge < -0.3 is 10.2 Å². The number of carbonyl (C=O) groups is 1. The van der Waals surface area contributed by atoms with Crippen LogP contribution in [0.2, 0.25) is 0 Å². The van der Waals surface area contributed by atoms with E-state index in [1.807, 2.05) is 12.1 Å². The highest BCUT2D eigenvalue weighted by Gasteiger charge is 2.08. The van der Waals surface area contributed by atoms with E-state index in [4.69, 9.17) is 17.4 Å². The van der Waals surface area contributed by atoms with E-state index in [2.05, 4.69) is 37.1 Å². The molecule has 150 valence electrons. The topological polar surface area (TPSA) is 64.6 Å². The molecule has 1 aromatic carbocycles. The van der Waals surface area contributed by atoms with Crippen molar-refractivity contribution >= 4 is 34.8 Å². The Balaban J connectivity index is 2.89. The Morgan fingerprint density at radius 2 is 2.00 bits per heavy atom. The Hall–Kier alpha value is -1.76. The monoisotopic (exact) mass is 391 g/mol. The maximum atomic E-state index is 11.2. The molecule has 1 aromatic rings. The molecule has 0 aliphatic carbocycles. The molecule has 0 aliphatic heterocycles. The number of hydrogen-bond donors (Lipinski definition) is 3. The van der Waals surface area contributed by atoms with Gasteiger partial charge in [0.2, 0.25) is 0 Å². The predicted molar refractivity (Wildman–Crippen MR) is 118 cm³/mol. The van der Waals surface area contributed by atoms with E-state index in [1.165, 1.54) is 6.08 Å². The van der Waals surface area contributed by atoms with Crippen LogP contribution in [0, 0.1) is 0 Å². The molecule has 5 nitrogen and oxygen atoms in total. The van der Waals surface area contributed by atoms with Crippen LogP contribution < -0.4 is 10.8 Å². The minimum Gasteiger partial charge on any atom is -0.384 e. The number of amides is 1. The molecular weight excluding hydrogens is 358 g/mol. The third-order valence-electron chi connectivity index (χ3n) is 4.50. The van der Waals surface area contributed by atoms with Gasteiger partial charge >= 0.3 is 0 Å². The highest BCUT2D eigenvalue weighted by atomic mass is 32.1. The summed E-state index contributed by atoms with van der Waals surface area (Å²) in [6, 6.07) is 6.05. The molecule has 0 spiro atoms. The molecular formula is C21H33N3O2S. The van der Waals surface area contributed by atoms with E-state index in [-0.39, 0.29) is 0 Å². The normalized spacial score (nSPS) is 11.1. The molecule has 0 atom stereocenters. The molecule has 0 unspecified atom stereocenters. The van der Waals surface area contributed by atoms with Crippen molar-refractivity contribution in [1.82, 2.24) is 10.4 Å². The third-order valence-corrected chi connectivity index (χ3v) is 4.85. The van der Waals surface area contributed by atoms with Crippen molar-refractivity contribution in [1.29, 1.82) is 0 Å². The number of hydroxylamine groups is 1. The van der Waals surface area contributed by atoms with Gasteiger partial charge in [0.05, 0.1) is 0 Å². The first kappa shape index (κ1) is 23.3. The van der Waals surface area contributed by atoms with E-state index in [9.17, 15) is 4.79 Å². The van der Waals surface area contributed by atoms with Gasteiger partial charge in [-0.15, -0.1) is 0 Å². The molecule has 1 amide bonds. The Morgan fingerprint density at radius 3 is 2.63 bits per heavy atom. The lowest BCUT2D eigenvalue weighted by atomic mass is 10.0. The smallest absolute Gasteiger partial charge is 0.267 e. The van der Waals surface area contributed by atoms with Crippen LogP contribution in [-0.2, 0) is 11.2 Å². The summed E-state index contributed by atoms with van der Waals surface area (Å²) in [6.07, 6.45) is 6.94. The number of rotatable bonds is 13. The quantitative estimate of drug-likeness (QED) is 0.205. The number of nitrogens with zero attached hydrogens (tertiary/aromatic N) is 1. The van der Waals surface area contributed by atoms with E-state index in [1.54, 1.807) is 11.6 Å². The van der Waals surface area contributed by atoms with Crippen LogP contribution in [-0.4, -0.2) is 47.1 Å². The van der Waals surface area contributed by atoms with Gasteiger partial charge in [-0.2, -0.15) is 0 Å². The lowest BCUT2D eigenvalue weighted by molar-refractivity contribution is -0.124. The summed E-state index contributed by atoms with van der Waals surface area (Å²) in [5.74, 6) is -0.545. The van der Waals surface area contributed by atoms with Crippen LogP contribution in [0.4, 0.5) is 5.69 Å². The molecule has 0 bridgehead atoms. The summed E-state index contributed by atoms with van der Waals surface area (Å²) < 4.78 is 0. The molecule has 0 saturated carbocycles. The van der Waals surface area contributed by atoms with Crippen LogP contribution in [0.25, 0.3) is 6.08 Å². The highest BCUT2D eigenvalue weighted by molar-refractivity contribution is 7.80. The predicted octanol–water partition coefficient (Wildman–Crippen LogP) is 4.06. The number of unbranched alkanes of at least 4 members (excludes halogenated alkanes) is 1. The van der Waals surface area contributed by atoms with Gasteiger partial charge in [-0.1, -0.05) is 45.5 Å². The lowest BCUT2D eigenvalue weighted by Crippen LogP contribution is -2.28. The second-order valence-corrected chi connectivity index (χ2v) is 7.08. The minimum atomic E-state index is -0.545. The van der Waals surface area contributed by atoms with E-state index >= 15 is 0 Å². The standard InChI is InChI=1S/C21H33N3O2S/c1-4-7-8-19(27)16-18-15-17(10-12-21(25)23-26)9-11-20(18)22-13-14-24(5-2)6-3/h9-12,15,22,26H,4-8,13-14,16H2,1-3H3,(H,23,25)/b12-10+. The largest absolute Gasteiger partial charge is 0.384 e.